The molecule has 0 aliphatic carbocycles. The van der Waals surface area contributed by atoms with Crippen LogP contribution in [-0.4, -0.2) is 61.9 Å². The van der Waals surface area contributed by atoms with Gasteiger partial charge >= 0.3 is 6.09 Å². The van der Waals surface area contributed by atoms with E-state index in [1.807, 2.05) is 20.8 Å². The Balaban J connectivity index is 1.78. The fraction of sp³-hybridized carbons (Fsp3) is 0.619. The van der Waals surface area contributed by atoms with E-state index in [0.717, 1.165) is 0 Å². The molecule has 2 aliphatic heterocycles. The number of fused-ring (bicyclic) bond motifs is 2. The number of carbonyl (C=O) groups is 2. The Bertz CT molecular complexity index is 727. The molecule has 154 valence electrons. The summed E-state index contributed by atoms with van der Waals surface area (Å²) in [6, 6.07) is 4.88. The van der Waals surface area contributed by atoms with Gasteiger partial charge in [-0.2, -0.15) is 0 Å². The highest BCUT2D eigenvalue weighted by Gasteiger charge is 2.45. The predicted octanol–water partition coefficient (Wildman–Crippen LogP) is 3.30. The van der Waals surface area contributed by atoms with Gasteiger partial charge < -0.3 is 18.9 Å². The van der Waals surface area contributed by atoms with Gasteiger partial charge in [0, 0.05) is 12.0 Å². The largest absolute Gasteiger partial charge is 0.497 e. The highest BCUT2D eigenvalue weighted by atomic mass is 16.6. The van der Waals surface area contributed by atoms with Crippen LogP contribution in [0.4, 0.5) is 4.79 Å². The van der Waals surface area contributed by atoms with Crippen LogP contribution in [0.1, 0.15) is 44.0 Å². The van der Waals surface area contributed by atoms with E-state index in [0.29, 0.717) is 43.1 Å². The molecule has 2 saturated heterocycles. The Morgan fingerprint density at radius 3 is 2.25 bits per heavy atom. The fourth-order valence-corrected chi connectivity index (χ4v) is 3.96. The number of ketones is 1. The molecule has 2 aliphatic rings. The van der Waals surface area contributed by atoms with Gasteiger partial charge in [0.05, 0.1) is 45.1 Å². The summed E-state index contributed by atoms with van der Waals surface area (Å²) < 4.78 is 21.8. The standard InChI is InChI=1S/C21H29NO6/c1-21(2,3)28-20(24)22-14-8-13(9-15(22)12-27-11-14)19(23)17-7-6-16(25-4)10-18(17)26-5/h6-7,10,13-15H,8-9,11-12H2,1-5H3. The van der Waals surface area contributed by atoms with Crippen LogP contribution in [0, 0.1) is 5.92 Å². The topological polar surface area (TPSA) is 74.3 Å². The Hall–Kier alpha value is -2.28. The van der Waals surface area contributed by atoms with E-state index < -0.39 is 5.60 Å². The third-order valence-electron chi connectivity index (χ3n) is 5.17. The molecule has 0 aromatic heterocycles. The minimum Gasteiger partial charge on any atom is -0.497 e. The molecule has 7 heteroatoms. The van der Waals surface area contributed by atoms with Crippen LogP contribution in [0.5, 0.6) is 11.5 Å². The number of Topliss-reactive ketones (excluding diaryl/α,β-unsaturated/α-hetero) is 1. The number of hydrogen-bond donors (Lipinski definition) is 0. The minimum atomic E-state index is -0.560. The van der Waals surface area contributed by atoms with Crippen LogP contribution in [0.25, 0.3) is 0 Å². The van der Waals surface area contributed by atoms with Crippen molar-refractivity contribution in [2.24, 2.45) is 5.92 Å². The molecule has 7 nitrogen and oxygen atoms in total. The van der Waals surface area contributed by atoms with Crippen molar-refractivity contribution in [3.8, 4) is 11.5 Å². The van der Waals surface area contributed by atoms with Crippen LogP contribution in [-0.2, 0) is 9.47 Å². The Morgan fingerprint density at radius 1 is 1.07 bits per heavy atom. The van der Waals surface area contributed by atoms with Gasteiger partial charge in [0.15, 0.2) is 5.78 Å². The maximum Gasteiger partial charge on any atom is 0.410 e. The molecule has 1 aromatic carbocycles. The maximum atomic E-state index is 13.2. The first kappa shape index (κ1) is 20.5. The lowest BCUT2D eigenvalue weighted by Gasteiger charge is -2.47. The number of methoxy groups -OCH3 is 2. The lowest BCUT2D eigenvalue weighted by atomic mass is 9.80. The monoisotopic (exact) mass is 391 g/mol. The van der Waals surface area contributed by atoms with Crippen molar-refractivity contribution in [3.05, 3.63) is 23.8 Å². The van der Waals surface area contributed by atoms with Crippen molar-refractivity contribution < 1.29 is 28.5 Å². The lowest BCUT2D eigenvalue weighted by molar-refractivity contribution is -0.0861. The normalized spacial score (nSPS) is 24.5. The molecule has 0 radical (unpaired) electrons. The SMILES string of the molecule is COc1ccc(C(=O)C2CC3COCC(C2)N3C(=O)OC(C)(C)C)c(OC)c1. The Labute approximate surface area is 165 Å². The van der Waals surface area contributed by atoms with Crippen LogP contribution in [0.15, 0.2) is 18.2 Å². The smallest absolute Gasteiger partial charge is 0.410 e. The molecule has 2 heterocycles. The average Bonchev–Trinajstić information content (AvgIpc) is 2.64. The second kappa shape index (κ2) is 7.99. The number of nitrogens with zero attached hydrogens (tertiary/aromatic N) is 1. The number of amides is 1. The van der Waals surface area contributed by atoms with Crippen LogP contribution in [0.2, 0.25) is 0 Å². The second-order valence-corrected chi connectivity index (χ2v) is 8.33. The van der Waals surface area contributed by atoms with Gasteiger partial charge in [-0.3, -0.25) is 9.69 Å². The molecule has 0 spiro atoms. The van der Waals surface area contributed by atoms with Crippen molar-refractivity contribution in [1.29, 1.82) is 0 Å². The number of benzene rings is 1. The summed E-state index contributed by atoms with van der Waals surface area (Å²) in [5.41, 5.74) is -0.0203. The molecule has 3 rings (SSSR count). The van der Waals surface area contributed by atoms with E-state index in [-0.39, 0.29) is 29.9 Å². The first-order valence-corrected chi connectivity index (χ1v) is 9.58. The van der Waals surface area contributed by atoms with E-state index >= 15 is 0 Å². The molecule has 2 atom stereocenters. The summed E-state index contributed by atoms with van der Waals surface area (Å²) in [5.74, 6) is 0.971. The zero-order valence-corrected chi connectivity index (χ0v) is 17.2. The minimum absolute atomic E-state index is 0.0280. The summed E-state index contributed by atoms with van der Waals surface area (Å²) in [6.45, 7) is 6.38. The molecule has 1 aromatic rings. The van der Waals surface area contributed by atoms with E-state index in [9.17, 15) is 9.59 Å². The third-order valence-corrected chi connectivity index (χ3v) is 5.17. The van der Waals surface area contributed by atoms with Gasteiger partial charge in [-0.15, -0.1) is 0 Å². The highest BCUT2D eigenvalue weighted by molar-refractivity contribution is 6.00. The molecule has 2 unspecified atom stereocenters. The number of ether oxygens (including phenoxy) is 4. The van der Waals surface area contributed by atoms with Gasteiger partial charge in [0.2, 0.25) is 0 Å². The highest BCUT2D eigenvalue weighted by Crippen LogP contribution is 2.36. The molecule has 0 N–H and O–H groups in total. The van der Waals surface area contributed by atoms with Gasteiger partial charge in [-0.05, 0) is 45.7 Å². The Morgan fingerprint density at radius 2 is 1.71 bits per heavy atom. The molecule has 2 bridgehead atoms. The summed E-state index contributed by atoms with van der Waals surface area (Å²) in [7, 11) is 3.11. The molecule has 0 saturated carbocycles. The van der Waals surface area contributed by atoms with Crippen molar-refractivity contribution >= 4 is 11.9 Å². The average molecular weight is 391 g/mol. The number of hydrogen-bond acceptors (Lipinski definition) is 6. The summed E-state index contributed by atoms with van der Waals surface area (Å²) >= 11 is 0. The van der Waals surface area contributed by atoms with Crippen molar-refractivity contribution in [1.82, 2.24) is 4.90 Å². The van der Waals surface area contributed by atoms with E-state index in [2.05, 4.69) is 0 Å². The second-order valence-electron chi connectivity index (χ2n) is 8.33. The van der Waals surface area contributed by atoms with Gasteiger partial charge in [0.25, 0.3) is 0 Å². The van der Waals surface area contributed by atoms with Gasteiger partial charge in [-0.25, -0.2) is 4.79 Å². The van der Waals surface area contributed by atoms with E-state index in [1.165, 1.54) is 0 Å². The van der Waals surface area contributed by atoms with Crippen LogP contribution >= 0.6 is 0 Å². The van der Waals surface area contributed by atoms with Crippen LogP contribution in [0.3, 0.4) is 0 Å². The summed E-state index contributed by atoms with van der Waals surface area (Å²) in [5, 5.41) is 0. The zero-order chi connectivity index (χ0) is 20.5. The number of rotatable bonds is 4. The molecular weight excluding hydrogens is 362 g/mol. The van der Waals surface area contributed by atoms with Crippen molar-refractivity contribution in [2.75, 3.05) is 27.4 Å². The lowest BCUT2D eigenvalue weighted by Crippen LogP contribution is -2.60. The third kappa shape index (κ3) is 4.24. The van der Waals surface area contributed by atoms with Gasteiger partial charge in [-0.1, -0.05) is 0 Å². The number of piperidine rings is 1. The molecule has 1 amide bonds. The first-order chi connectivity index (χ1) is 13.2. The predicted molar refractivity (Wildman–Crippen MR) is 103 cm³/mol. The van der Waals surface area contributed by atoms with E-state index in [4.69, 9.17) is 18.9 Å². The van der Waals surface area contributed by atoms with Crippen LogP contribution < -0.4 is 9.47 Å². The number of carbonyl (C=O) groups excluding carboxylic acids is 2. The molecule has 28 heavy (non-hydrogen) atoms. The fourth-order valence-electron chi connectivity index (χ4n) is 3.96. The Kier molecular flexibility index (Phi) is 5.84. The summed E-state index contributed by atoms with van der Waals surface area (Å²) in [4.78, 5) is 27.7. The van der Waals surface area contributed by atoms with Gasteiger partial charge in [0.1, 0.15) is 17.1 Å². The summed E-state index contributed by atoms with van der Waals surface area (Å²) in [6.07, 6.45) is 0.756. The maximum absolute atomic E-state index is 13.2. The first-order valence-electron chi connectivity index (χ1n) is 9.58. The van der Waals surface area contributed by atoms with Crippen molar-refractivity contribution in [3.63, 3.8) is 0 Å². The zero-order valence-electron chi connectivity index (χ0n) is 17.2. The van der Waals surface area contributed by atoms with E-state index in [1.54, 1.807) is 37.3 Å². The molecular formula is C21H29NO6. The van der Waals surface area contributed by atoms with Crippen molar-refractivity contribution in [2.45, 2.75) is 51.3 Å². The number of morpholine rings is 1. The quantitative estimate of drug-likeness (QED) is 0.733. The molecule has 2 fully saturated rings.